The van der Waals surface area contributed by atoms with Gasteiger partial charge in [0.1, 0.15) is 12.6 Å². The van der Waals surface area contributed by atoms with E-state index in [4.69, 9.17) is 11.6 Å². The van der Waals surface area contributed by atoms with Crippen molar-refractivity contribution in [3.63, 3.8) is 0 Å². The van der Waals surface area contributed by atoms with Gasteiger partial charge in [-0.15, -0.1) is 0 Å². The molecule has 1 atom stereocenters. The van der Waals surface area contributed by atoms with Crippen LogP contribution in [0.1, 0.15) is 30.5 Å². The largest absolute Gasteiger partial charge is 0.354 e. The molecule has 0 fully saturated rings. The average molecular weight is 632 g/mol. The SMILES string of the molecule is Cc1cc(Cl)ccc1N(CC(=O)N(Cc1ccccc1)[C@H](Cc1ccccc1)C(=O)NCC(C)C)S(=O)(=O)c1ccccc1. The first-order valence-corrected chi connectivity index (χ1v) is 16.4. The van der Waals surface area contributed by atoms with Gasteiger partial charge in [-0.3, -0.25) is 13.9 Å². The fourth-order valence-electron chi connectivity index (χ4n) is 4.89. The maximum atomic E-state index is 14.5. The fourth-order valence-corrected chi connectivity index (χ4v) is 6.61. The van der Waals surface area contributed by atoms with E-state index >= 15 is 0 Å². The molecule has 0 saturated heterocycles. The molecule has 0 heterocycles. The van der Waals surface area contributed by atoms with Crippen LogP contribution in [0.3, 0.4) is 0 Å². The zero-order valence-electron chi connectivity index (χ0n) is 25.2. The quantitative estimate of drug-likeness (QED) is 0.189. The summed E-state index contributed by atoms with van der Waals surface area (Å²) >= 11 is 6.22. The summed E-state index contributed by atoms with van der Waals surface area (Å²) in [6, 6.07) is 30.8. The summed E-state index contributed by atoms with van der Waals surface area (Å²) in [6.07, 6.45) is 0.259. The van der Waals surface area contributed by atoms with Crippen LogP contribution in [0.5, 0.6) is 0 Å². The van der Waals surface area contributed by atoms with Crippen LogP contribution in [0, 0.1) is 12.8 Å². The van der Waals surface area contributed by atoms with Crippen LogP contribution in [0.4, 0.5) is 5.69 Å². The van der Waals surface area contributed by atoms with Gasteiger partial charge in [0.2, 0.25) is 11.8 Å². The summed E-state index contributed by atoms with van der Waals surface area (Å²) < 4.78 is 29.3. The third kappa shape index (κ3) is 8.49. The summed E-state index contributed by atoms with van der Waals surface area (Å²) in [5.41, 5.74) is 2.62. The van der Waals surface area contributed by atoms with Crippen LogP contribution < -0.4 is 9.62 Å². The molecule has 44 heavy (non-hydrogen) atoms. The topological polar surface area (TPSA) is 86.8 Å². The summed E-state index contributed by atoms with van der Waals surface area (Å²) in [7, 11) is -4.18. The van der Waals surface area contributed by atoms with E-state index in [0.717, 1.165) is 15.4 Å². The van der Waals surface area contributed by atoms with Gasteiger partial charge in [-0.1, -0.05) is 104 Å². The second-order valence-electron chi connectivity index (χ2n) is 11.1. The number of sulfonamides is 1. The maximum Gasteiger partial charge on any atom is 0.264 e. The van der Waals surface area contributed by atoms with E-state index in [1.165, 1.54) is 17.0 Å². The van der Waals surface area contributed by atoms with Gasteiger partial charge in [0.15, 0.2) is 0 Å². The van der Waals surface area contributed by atoms with E-state index in [0.29, 0.717) is 22.8 Å². The summed E-state index contributed by atoms with van der Waals surface area (Å²) in [6.45, 7) is 5.79. The first-order chi connectivity index (χ1) is 21.1. The second-order valence-corrected chi connectivity index (χ2v) is 13.4. The Bertz CT molecular complexity index is 1650. The number of anilines is 1. The molecule has 0 aromatic heterocycles. The molecule has 0 spiro atoms. The number of carbonyl (C=O) groups excluding carboxylic acids is 2. The van der Waals surface area contributed by atoms with Crippen LogP contribution in [0.2, 0.25) is 5.02 Å². The van der Waals surface area contributed by atoms with E-state index in [1.807, 2.05) is 74.5 Å². The number of nitrogens with one attached hydrogen (secondary N) is 1. The van der Waals surface area contributed by atoms with Crippen LogP contribution in [-0.4, -0.2) is 44.3 Å². The van der Waals surface area contributed by atoms with Crippen LogP contribution in [0.15, 0.2) is 114 Å². The zero-order chi connectivity index (χ0) is 31.7. The minimum absolute atomic E-state index is 0.0484. The number of benzene rings is 4. The molecule has 4 aromatic rings. The molecule has 1 N–H and O–H groups in total. The third-order valence-corrected chi connectivity index (χ3v) is 9.20. The fraction of sp³-hybridized carbons (Fsp3) is 0.257. The molecule has 0 bridgehead atoms. The standard InChI is InChI=1S/C35H38ClN3O4S/c1-26(2)23-37-35(41)33(22-28-13-7-4-8-14-28)38(24-29-15-9-5-10-16-29)34(40)25-39(32-20-19-30(36)21-27(32)3)44(42,43)31-17-11-6-12-18-31/h4-21,26,33H,22-25H2,1-3H3,(H,37,41)/t33-/m1/s1. The number of carbonyl (C=O) groups is 2. The Kier molecular flexibility index (Phi) is 11.2. The highest BCUT2D eigenvalue weighted by atomic mass is 35.5. The lowest BCUT2D eigenvalue weighted by Crippen LogP contribution is -2.53. The molecule has 0 unspecified atom stereocenters. The lowest BCUT2D eigenvalue weighted by Gasteiger charge is -2.34. The number of amides is 2. The lowest BCUT2D eigenvalue weighted by molar-refractivity contribution is -0.140. The van der Waals surface area contributed by atoms with Gasteiger partial charge in [0, 0.05) is 24.5 Å². The molecule has 0 aliphatic heterocycles. The first-order valence-electron chi connectivity index (χ1n) is 14.5. The maximum absolute atomic E-state index is 14.5. The Morgan fingerprint density at radius 2 is 1.39 bits per heavy atom. The highest BCUT2D eigenvalue weighted by Gasteiger charge is 2.35. The highest BCUT2D eigenvalue weighted by Crippen LogP contribution is 2.29. The molecular formula is C35H38ClN3O4S. The van der Waals surface area contributed by atoms with E-state index in [1.54, 1.807) is 43.3 Å². The predicted octanol–water partition coefficient (Wildman–Crippen LogP) is 6.26. The number of hydrogen-bond donors (Lipinski definition) is 1. The van der Waals surface area contributed by atoms with Crippen molar-refractivity contribution in [3.8, 4) is 0 Å². The van der Waals surface area contributed by atoms with Crippen molar-refractivity contribution in [2.24, 2.45) is 5.92 Å². The second kappa shape index (κ2) is 15.0. The third-order valence-electron chi connectivity index (χ3n) is 7.19. The Morgan fingerprint density at radius 1 is 0.818 bits per heavy atom. The molecule has 7 nitrogen and oxygen atoms in total. The van der Waals surface area contributed by atoms with Crippen LogP contribution >= 0.6 is 11.6 Å². The van der Waals surface area contributed by atoms with Gasteiger partial charge in [-0.2, -0.15) is 0 Å². The number of nitrogens with zero attached hydrogens (tertiary/aromatic N) is 2. The molecule has 4 aromatic carbocycles. The summed E-state index contributed by atoms with van der Waals surface area (Å²) in [4.78, 5) is 29.8. The normalized spacial score (nSPS) is 12.0. The Morgan fingerprint density at radius 3 is 1.95 bits per heavy atom. The van der Waals surface area contributed by atoms with Crippen molar-refractivity contribution in [2.45, 2.75) is 44.7 Å². The Balaban J connectivity index is 1.80. The van der Waals surface area contributed by atoms with Crippen LogP contribution in [-0.2, 0) is 32.6 Å². The number of rotatable bonds is 13. The molecule has 4 rings (SSSR count). The van der Waals surface area contributed by atoms with E-state index in [2.05, 4.69) is 5.32 Å². The number of aryl methyl sites for hydroxylation is 1. The molecule has 0 aliphatic carbocycles. The van der Waals surface area contributed by atoms with Gasteiger partial charge >= 0.3 is 0 Å². The lowest BCUT2D eigenvalue weighted by atomic mass is 10.0. The van der Waals surface area contributed by atoms with E-state index in [-0.39, 0.29) is 29.7 Å². The van der Waals surface area contributed by atoms with Gasteiger partial charge < -0.3 is 10.2 Å². The average Bonchev–Trinajstić information content (AvgIpc) is 3.02. The molecule has 0 aliphatic rings. The smallest absolute Gasteiger partial charge is 0.264 e. The molecule has 9 heteroatoms. The van der Waals surface area contributed by atoms with E-state index in [9.17, 15) is 18.0 Å². The Hall–Kier alpha value is -4.14. The molecule has 230 valence electrons. The number of halogens is 1. The van der Waals surface area contributed by atoms with Gasteiger partial charge in [-0.05, 0) is 59.9 Å². The van der Waals surface area contributed by atoms with Gasteiger partial charge in [0.25, 0.3) is 10.0 Å². The summed E-state index contributed by atoms with van der Waals surface area (Å²) in [5.74, 6) is -0.607. The number of hydrogen-bond acceptors (Lipinski definition) is 4. The molecule has 0 radical (unpaired) electrons. The Labute approximate surface area is 265 Å². The van der Waals surface area contributed by atoms with Crippen molar-refractivity contribution < 1.29 is 18.0 Å². The molecule has 2 amide bonds. The van der Waals surface area contributed by atoms with Gasteiger partial charge in [-0.25, -0.2) is 8.42 Å². The van der Waals surface area contributed by atoms with Crippen molar-refractivity contribution in [2.75, 3.05) is 17.4 Å². The summed E-state index contributed by atoms with van der Waals surface area (Å²) in [5, 5.41) is 3.45. The zero-order valence-corrected chi connectivity index (χ0v) is 26.8. The monoisotopic (exact) mass is 631 g/mol. The van der Waals surface area contributed by atoms with Gasteiger partial charge in [0.05, 0.1) is 10.6 Å². The van der Waals surface area contributed by atoms with E-state index < -0.39 is 28.5 Å². The van der Waals surface area contributed by atoms with Crippen molar-refractivity contribution in [1.82, 2.24) is 10.2 Å². The van der Waals surface area contributed by atoms with Crippen molar-refractivity contribution in [3.05, 3.63) is 131 Å². The van der Waals surface area contributed by atoms with Crippen molar-refractivity contribution >= 4 is 39.1 Å². The minimum Gasteiger partial charge on any atom is -0.354 e. The highest BCUT2D eigenvalue weighted by molar-refractivity contribution is 7.92. The first kappa shape index (κ1) is 32.8. The predicted molar refractivity (Wildman–Crippen MR) is 176 cm³/mol. The van der Waals surface area contributed by atoms with Crippen LogP contribution in [0.25, 0.3) is 0 Å². The molecular weight excluding hydrogens is 594 g/mol. The minimum atomic E-state index is -4.18. The van der Waals surface area contributed by atoms with Crippen molar-refractivity contribution in [1.29, 1.82) is 0 Å². The molecule has 0 saturated carbocycles.